The number of methoxy groups -OCH3 is 2. The zero-order valence-corrected chi connectivity index (χ0v) is 25.9. The molecule has 9 nitrogen and oxygen atoms in total. The van der Waals surface area contributed by atoms with Gasteiger partial charge in [-0.05, 0) is 30.2 Å². The third-order valence-electron chi connectivity index (χ3n) is 8.18. The second-order valence-corrected chi connectivity index (χ2v) is 11.2. The van der Waals surface area contributed by atoms with Crippen LogP contribution < -0.4 is 14.8 Å². The number of aromatic nitrogens is 3. The molecular weight excluding hydrogens is 590 g/mol. The number of hydrogen-bond donors (Lipinski definition) is 1. The Kier molecular flexibility index (Phi) is 9.13. The molecule has 2 aromatic heterocycles. The molecule has 46 heavy (non-hydrogen) atoms. The summed E-state index contributed by atoms with van der Waals surface area (Å²) in [6.45, 7) is 7.74. The summed E-state index contributed by atoms with van der Waals surface area (Å²) in [5, 5.41) is 2.81. The molecule has 1 aliphatic rings. The van der Waals surface area contributed by atoms with Crippen LogP contribution in [0.15, 0.2) is 73.2 Å². The highest BCUT2D eigenvalue weighted by Gasteiger charge is 2.25. The average molecular weight is 625 g/mol. The molecule has 0 bridgehead atoms. The summed E-state index contributed by atoms with van der Waals surface area (Å²) in [5.74, 6) is -2.33. The van der Waals surface area contributed by atoms with E-state index in [2.05, 4.69) is 61.3 Å². The fourth-order valence-corrected chi connectivity index (χ4v) is 5.65. The quantitative estimate of drug-likeness (QED) is 0.218. The van der Waals surface area contributed by atoms with E-state index in [1.165, 1.54) is 49.9 Å². The van der Waals surface area contributed by atoms with Crippen molar-refractivity contribution in [3.05, 3.63) is 107 Å². The van der Waals surface area contributed by atoms with Gasteiger partial charge in [0, 0.05) is 69.5 Å². The molecule has 0 spiro atoms. The Morgan fingerprint density at radius 1 is 0.783 bits per heavy atom. The van der Waals surface area contributed by atoms with Crippen LogP contribution in [0.25, 0.3) is 22.2 Å². The van der Waals surface area contributed by atoms with E-state index < -0.39 is 23.1 Å². The van der Waals surface area contributed by atoms with E-state index in [0.29, 0.717) is 5.82 Å². The van der Waals surface area contributed by atoms with Crippen molar-refractivity contribution >= 4 is 22.8 Å². The SMILES string of the molecule is COc1cc(OC)c(F)c(-c2ccc(C(=O)Nc3ccc(CN4CCN(Cc5ccc(C)cc5)CC4)cn3)c3nccnc23)c1F. The van der Waals surface area contributed by atoms with Crippen molar-refractivity contribution in [2.45, 2.75) is 20.0 Å². The highest BCUT2D eigenvalue weighted by Crippen LogP contribution is 2.40. The van der Waals surface area contributed by atoms with Crippen molar-refractivity contribution in [3.8, 4) is 22.6 Å². The minimum Gasteiger partial charge on any atom is -0.494 e. The van der Waals surface area contributed by atoms with Crippen LogP contribution in [-0.2, 0) is 13.1 Å². The molecule has 1 fully saturated rings. The van der Waals surface area contributed by atoms with Gasteiger partial charge in [0.25, 0.3) is 5.91 Å². The number of ether oxygens (including phenoxy) is 2. The Morgan fingerprint density at radius 3 is 1.96 bits per heavy atom. The molecule has 0 atom stereocenters. The molecule has 3 aromatic carbocycles. The van der Waals surface area contributed by atoms with Crippen LogP contribution in [-0.4, -0.2) is 71.1 Å². The molecule has 1 N–H and O–H groups in total. The lowest BCUT2D eigenvalue weighted by Crippen LogP contribution is -2.45. The number of fused-ring (bicyclic) bond motifs is 1. The first kappa shape index (κ1) is 31.0. The number of nitrogens with zero attached hydrogens (tertiary/aromatic N) is 5. The number of pyridine rings is 1. The van der Waals surface area contributed by atoms with Gasteiger partial charge in [0.2, 0.25) is 0 Å². The summed E-state index contributed by atoms with van der Waals surface area (Å²) in [6, 6.07) is 16.4. The van der Waals surface area contributed by atoms with Crippen molar-refractivity contribution in [1.82, 2.24) is 24.8 Å². The number of carbonyl (C=O) groups excluding carboxylic acids is 1. The van der Waals surface area contributed by atoms with Crippen molar-refractivity contribution in [1.29, 1.82) is 0 Å². The van der Waals surface area contributed by atoms with E-state index in [9.17, 15) is 4.79 Å². The fourth-order valence-electron chi connectivity index (χ4n) is 5.65. The first-order valence-corrected chi connectivity index (χ1v) is 14.9. The van der Waals surface area contributed by atoms with Gasteiger partial charge in [0.1, 0.15) is 11.3 Å². The van der Waals surface area contributed by atoms with E-state index in [1.807, 2.05) is 6.07 Å². The summed E-state index contributed by atoms with van der Waals surface area (Å²) < 4.78 is 40.9. The average Bonchev–Trinajstić information content (AvgIpc) is 3.07. The van der Waals surface area contributed by atoms with Crippen LogP contribution in [0.4, 0.5) is 14.6 Å². The maximum Gasteiger partial charge on any atom is 0.259 e. The molecule has 0 saturated carbocycles. The number of carbonyl (C=O) groups is 1. The van der Waals surface area contributed by atoms with Gasteiger partial charge in [-0.3, -0.25) is 24.6 Å². The number of amides is 1. The van der Waals surface area contributed by atoms with E-state index in [4.69, 9.17) is 9.47 Å². The lowest BCUT2D eigenvalue weighted by atomic mass is 9.98. The standard InChI is InChI=1S/C35H34F2N6O3/c1-22-4-6-23(7-5-22)20-42-14-16-43(17-15-42)21-24-8-11-29(40-19-24)41-35(44)26-10-9-25(33-34(26)39-13-12-38-33)30-31(36)27(45-2)18-28(46-3)32(30)37/h4-13,18-19H,14-17,20-21H2,1-3H3,(H,40,41,44). The maximum absolute atomic E-state index is 15.3. The van der Waals surface area contributed by atoms with Crippen molar-refractivity contribution < 1.29 is 23.0 Å². The van der Waals surface area contributed by atoms with Crippen LogP contribution in [0, 0.1) is 18.6 Å². The van der Waals surface area contributed by atoms with E-state index in [0.717, 1.165) is 50.9 Å². The van der Waals surface area contributed by atoms with Gasteiger partial charge in [0.05, 0.1) is 30.9 Å². The molecule has 1 aliphatic heterocycles. The molecule has 3 heterocycles. The second kappa shape index (κ2) is 13.6. The highest BCUT2D eigenvalue weighted by molar-refractivity contribution is 6.13. The molecular formula is C35H34F2N6O3. The summed E-state index contributed by atoms with van der Waals surface area (Å²) in [7, 11) is 2.56. The topological polar surface area (TPSA) is 92.7 Å². The van der Waals surface area contributed by atoms with Gasteiger partial charge >= 0.3 is 0 Å². The summed E-state index contributed by atoms with van der Waals surface area (Å²) >= 11 is 0. The number of halogens is 2. The lowest BCUT2D eigenvalue weighted by Gasteiger charge is -2.34. The molecule has 236 valence electrons. The van der Waals surface area contributed by atoms with Crippen molar-refractivity contribution in [2.24, 2.45) is 0 Å². The van der Waals surface area contributed by atoms with Gasteiger partial charge in [-0.15, -0.1) is 0 Å². The number of rotatable bonds is 9. The van der Waals surface area contributed by atoms with Gasteiger partial charge < -0.3 is 14.8 Å². The molecule has 1 saturated heterocycles. The number of hydrogen-bond acceptors (Lipinski definition) is 8. The molecule has 0 aliphatic carbocycles. The Labute approximate surface area is 265 Å². The van der Waals surface area contributed by atoms with Gasteiger partial charge in [-0.2, -0.15) is 0 Å². The second-order valence-electron chi connectivity index (χ2n) is 11.2. The monoisotopic (exact) mass is 624 g/mol. The minimum atomic E-state index is -0.918. The van der Waals surface area contributed by atoms with E-state index in [1.54, 1.807) is 12.3 Å². The fraction of sp³-hybridized carbons (Fsp3) is 0.257. The largest absolute Gasteiger partial charge is 0.494 e. The van der Waals surface area contributed by atoms with Crippen LogP contribution in [0.5, 0.6) is 11.5 Å². The summed E-state index contributed by atoms with van der Waals surface area (Å²) in [4.78, 5) is 31.3. The van der Waals surface area contributed by atoms with E-state index >= 15 is 8.78 Å². The van der Waals surface area contributed by atoms with Gasteiger partial charge in [-0.1, -0.05) is 42.0 Å². The smallest absolute Gasteiger partial charge is 0.259 e. The van der Waals surface area contributed by atoms with Gasteiger partial charge in [0.15, 0.2) is 23.1 Å². The Bertz CT molecular complexity index is 1830. The third kappa shape index (κ3) is 6.51. The molecule has 5 aromatic rings. The highest BCUT2D eigenvalue weighted by atomic mass is 19.1. The zero-order valence-electron chi connectivity index (χ0n) is 25.9. The Morgan fingerprint density at radius 2 is 1.37 bits per heavy atom. The predicted molar refractivity (Wildman–Crippen MR) is 172 cm³/mol. The summed E-state index contributed by atoms with van der Waals surface area (Å²) in [5.41, 5.74) is 3.86. The molecule has 0 unspecified atom stereocenters. The Hall–Kier alpha value is -5.00. The normalized spacial score (nSPS) is 13.9. The number of piperazine rings is 1. The molecule has 11 heteroatoms. The van der Waals surface area contributed by atoms with Crippen molar-refractivity contribution in [3.63, 3.8) is 0 Å². The number of aryl methyl sites for hydroxylation is 1. The minimum absolute atomic E-state index is 0.102. The maximum atomic E-state index is 15.3. The molecule has 0 radical (unpaired) electrons. The first-order valence-electron chi connectivity index (χ1n) is 14.9. The zero-order chi connectivity index (χ0) is 32.2. The van der Waals surface area contributed by atoms with Crippen molar-refractivity contribution in [2.75, 3.05) is 45.7 Å². The van der Waals surface area contributed by atoms with Crippen LogP contribution in [0.3, 0.4) is 0 Å². The number of benzene rings is 3. The Balaban J connectivity index is 1.13. The molecule has 6 rings (SSSR count). The van der Waals surface area contributed by atoms with Crippen LogP contribution >= 0.6 is 0 Å². The summed E-state index contributed by atoms with van der Waals surface area (Å²) in [6.07, 6.45) is 4.57. The molecule has 1 amide bonds. The lowest BCUT2D eigenvalue weighted by molar-refractivity contribution is 0.102. The first-order chi connectivity index (χ1) is 22.3. The van der Waals surface area contributed by atoms with Gasteiger partial charge in [-0.25, -0.2) is 13.8 Å². The van der Waals surface area contributed by atoms with E-state index in [-0.39, 0.29) is 33.7 Å². The number of anilines is 1. The van der Waals surface area contributed by atoms with Crippen LogP contribution in [0.2, 0.25) is 0 Å². The van der Waals surface area contributed by atoms with Crippen LogP contribution in [0.1, 0.15) is 27.0 Å². The number of nitrogens with one attached hydrogen (secondary N) is 1. The third-order valence-corrected chi connectivity index (χ3v) is 8.18. The predicted octanol–water partition coefficient (Wildman–Crippen LogP) is 5.87.